The van der Waals surface area contributed by atoms with Crippen LogP contribution in [0.5, 0.6) is 0 Å². The predicted molar refractivity (Wildman–Crippen MR) is 85.0 cm³/mol. The molecule has 22 heavy (non-hydrogen) atoms. The number of nitrogens with zero attached hydrogens (tertiary/aromatic N) is 1. The topological polar surface area (TPSA) is 45.0 Å². The van der Waals surface area contributed by atoms with Crippen molar-refractivity contribution in [2.24, 2.45) is 0 Å². The number of benzene rings is 1. The van der Waals surface area contributed by atoms with Crippen LogP contribution in [0.3, 0.4) is 0 Å². The van der Waals surface area contributed by atoms with Crippen LogP contribution in [0.25, 0.3) is 5.70 Å². The van der Waals surface area contributed by atoms with Gasteiger partial charge in [-0.2, -0.15) is 5.26 Å². The normalized spacial score (nSPS) is 18.4. The average molecular weight is 298 g/mol. The van der Waals surface area contributed by atoms with Crippen molar-refractivity contribution >= 4 is 5.70 Å². The van der Waals surface area contributed by atoms with Crippen molar-refractivity contribution in [2.75, 3.05) is 6.61 Å². The molecule has 1 aliphatic heterocycles. The van der Waals surface area contributed by atoms with Crippen molar-refractivity contribution in [2.45, 2.75) is 26.8 Å². The first-order valence-corrected chi connectivity index (χ1v) is 7.25. The van der Waals surface area contributed by atoms with E-state index in [1.54, 1.807) is 12.1 Å². The Kier molecular flexibility index (Phi) is 5.00. The number of nitrogens with one attached hydrogen (secondary N) is 1. The third-order valence-corrected chi connectivity index (χ3v) is 3.57. The van der Waals surface area contributed by atoms with Crippen LogP contribution >= 0.6 is 0 Å². The molecule has 1 aromatic rings. The van der Waals surface area contributed by atoms with Crippen molar-refractivity contribution in [3.8, 4) is 6.07 Å². The highest BCUT2D eigenvalue weighted by molar-refractivity contribution is 5.75. The van der Waals surface area contributed by atoms with Crippen molar-refractivity contribution < 1.29 is 9.13 Å². The van der Waals surface area contributed by atoms with Crippen LogP contribution in [0.4, 0.5) is 4.39 Å². The monoisotopic (exact) mass is 298 g/mol. The fourth-order valence-electron chi connectivity index (χ4n) is 2.44. The highest BCUT2D eigenvalue weighted by Gasteiger charge is 2.23. The van der Waals surface area contributed by atoms with Crippen molar-refractivity contribution in [1.82, 2.24) is 5.32 Å². The Balaban J connectivity index is 2.43. The molecule has 0 saturated heterocycles. The summed E-state index contributed by atoms with van der Waals surface area (Å²) in [6, 6.07) is 8.25. The fourth-order valence-corrected chi connectivity index (χ4v) is 2.44. The van der Waals surface area contributed by atoms with E-state index in [-0.39, 0.29) is 11.9 Å². The van der Waals surface area contributed by atoms with Gasteiger partial charge in [0.2, 0.25) is 0 Å². The summed E-state index contributed by atoms with van der Waals surface area (Å²) in [5.41, 5.74) is 3.11. The van der Waals surface area contributed by atoms with Gasteiger partial charge >= 0.3 is 0 Å². The van der Waals surface area contributed by atoms with Crippen LogP contribution < -0.4 is 5.32 Å². The van der Waals surface area contributed by atoms with Gasteiger partial charge in [0.1, 0.15) is 17.6 Å². The number of hydrogen-bond donors (Lipinski definition) is 1. The van der Waals surface area contributed by atoms with Gasteiger partial charge in [0.15, 0.2) is 0 Å². The van der Waals surface area contributed by atoms with Crippen LogP contribution in [0.2, 0.25) is 0 Å². The summed E-state index contributed by atoms with van der Waals surface area (Å²) < 4.78 is 18.7. The maximum atomic E-state index is 13.1. The van der Waals surface area contributed by atoms with Gasteiger partial charge in [-0.05, 0) is 68.3 Å². The molecule has 1 heterocycles. The van der Waals surface area contributed by atoms with E-state index in [9.17, 15) is 9.65 Å². The Morgan fingerprint density at radius 2 is 2.09 bits per heavy atom. The van der Waals surface area contributed by atoms with Gasteiger partial charge in [-0.25, -0.2) is 4.39 Å². The van der Waals surface area contributed by atoms with Crippen LogP contribution in [0.1, 0.15) is 26.3 Å². The number of allylic oxidation sites excluding steroid dienone is 3. The first-order valence-electron chi connectivity index (χ1n) is 7.25. The number of rotatable bonds is 4. The van der Waals surface area contributed by atoms with Crippen LogP contribution in [0.15, 0.2) is 53.3 Å². The highest BCUT2D eigenvalue weighted by Crippen LogP contribution is 2.28. The first-order chi connectivity index (χ1) is 10.6. The summed E-state index contributed by atoms with van der Waals surface area (Å²) in [6.07, 6.45) is 3.74. The summed E-state index contributed by atoms with van der Waals surface area (Å²) in [6.45, 7) is 6.26. The molecule has 4 heteroatoms. The van der Waals surface area contributed by atoms with Gasteiger partial charge < -0.3 is 10.1 Å². The lowest BCUT2D eigenvalue weighted by Crippen LogP contribution is -2.33. The SMILES string of the molecule is CC=C(OCC)C1C=C(C#N)C(C)=C(c2ccc(F)cc2)N1. The van der Waals surface area contributed by atoms with E-state index >= 15 is 0 Å². The molecule has 2 rings (SSSR count). The van der Waals surface area contributed by atoms with E-state index < -0.39 is 0 Å². The molecule has 1 aromatic carbocycles. The summed E-state index contributed by atoms with van der Waals surface area (Å²) in [4.78, 5) is 0. The predicted octanol–water partition coefficient (Wildman–Crippen LogP) is 3.92. The number of ether oxygens (including phenoxy) is 1. The highest BCUT2D eigenvalue weighted by atomic mass is 19.1. The molecule has 0 aliphatic carbocycles. The summed E-state index contributed by atoms with van der Waals surface area (Å²) in [5.74, 6) is 0.483. The molecule has 1 unspecified atom stereocenters. The molecule has 0 bridgehead atoms. The van der Waals surface area contributed by atoms with Gasteiger partial charge in [0, 0.05) is 5.70 Å². The zero-order valence-electron chi connectivity index (χ0n) is 13.0. The van der Waals surface area contributed by atoms with E-state index in [2.05, 4.69) is 11.4 Å². The van der Waals surface area contributed by atoms with Gasteiger partial charge in [-0.1, -0.05) is 0 Å². The van der Waals surface area contributed by atoms with Crippen LogP contribution in [-0.2, 0) is 4.74 Å². The molecule has 1 N–H and O–H groups in total. The summed E-state index contributed by atoms with van der Waals surface area (Å²) in [7, 11) is 0. The van der Waals surface area contributed by atoms with Crippen molar-refractivity contribution in [3.05, 3.63) is 64.7 Å². The van der Waals surface area contributed by atoms with Crippen LogP contribution in [0, 0.1) is 17.1 Å². The molecule has 0 amide bonds. The Morgan fingerprint density at radius 1 is 1.41 bits per heavy atom. The van der Waals surface area contributed by atoms with Gasteiger partial charge in [0.25, 0.3) is 0 Å². The lowest BCUT2D eigenvalue weighted by Gasteiger charge is -2.27. The average Bonchev–Trinajstić information content (AvgIpc) is 2.54. The Bertz CT molecular complexity index is 678. The standard InChI is InChI=1S/C18H19FN2O/c1-4-17(22-5-2)16-10-14(11-20)12(3)18(21-16)13-6-8-15(19)9-7-13/h4,6-10,16,21H,5H2,1-3H3. The molecule has 0 radical (unpaired) electrons. The molecule has 1 atom stereocenters. The third kappa shape index (κ3) is 3.20. The minimum Gasteiger partial charge on any atom is -0.496 e. The molecule has 1 aliphatic rings. The van der Waals surface area contributed by atoms with Gasteiger partial charge in [0.05, 0.1) is 18.2 Å². The fraction of sp³-hybridized carbons (Fsp3) is 0.278. The van der Waals surface area contributed by atoms with E-state index in [0.29, 0.717) is 12.2 Å². The molecule has 0 saturated carbocycles. The minimum atomic E-state index is -0.283. The summed E-state index contributed by atoms with van der Waals surface area (Å²) in [5, 5.41) is 12.7. The largest absolute Gasteiger partial charge is 0.496 e. The van der Waals surface area contributed by atoms with E-state index in [0.717, 1.165) is 22.6 Å². The molecular formula is C18H19FN2O. The number of hydrogen-bond acceptors (Lipinski definition) is 3. The van der Waals surface area contributed by atoms with E-state index in [4.69, 9.17) is 4.74 Å². The van der Waals surface area contributed by atoms with Crippen molar-refractivity contribution in [3.63, 3.8) is 0 Å². The van der Waals surface area contributed by atoms with Gasteiger partial charge in [-0.15, -0.1) is 0 Å². The zero-order chi connectivity index (χ0) is 16.1. The summed E-state index contributed by atoms with van der Waals surface area (Å²) >= 11 is 0. The van der Waals surface area contributed by atoms with Gasteiger partial charge in [-0.3, -0.25) is 0 Å². The number of dihydropyridines is 1. The van der Waals surface area contributed by atoms with Crippen molar-refractivity contribution in [1.29, 1.82) is 5.26 Å². The number of halogens is 1. The molecule has 114 valence electrons. The molecular weight excluding hydrogens is 279 g/mol. The smallest absolute Gasteiger partial charge is 0.123 e. The maximum Gasteiger partial charge on any atom is 0.123 e. The lowest BCUT2D eigenvalue weighted by molar-refractivity contribution is 0.211. The lowest BCUT2D eigenvalue weighted by atomic mass is 9.94. The Labute approximate surface area is 130 Å². The maximum absolute atomic E-state index is 13.1. The second kappa shape index (κ2) is 6.95. The first kappa shape index (κ1) is 15.8. The van der Waals surface area contributed by atoms with E-state index in [1.807, 2.05) is 32.9 Å². The van der Waals surface area contributed by atoms with Crippen LogP contribution in [-0.4, -0.2) is 12.6 Å². The minimum absolute atomic E-state index is 0.205. The second-order valence-corrected chi connectivity index (χ2v) is 4.95. The Hall–Kier alpha value is -2.54. The second-order valence-electron chi connectivity index (χ2n) is 4.95. The molecule has 0 aromatic heterocycles. The Morgan fingerprint density at radius 3 is 2.64 bits per heavy atom. The molecule has 0 spiro atoms. The third-order valence-electron chi connectivity index (χ3n) is 3.57. The zero-order valence-corrected chi connectivity index (χ0v) is 13.0. The molecule has 0 fully saturated rings. The van der Waals surface area contributed by atoms with E-state index in [1.165, 1.54) is 12.1 Å². The molecule has 3 nitrogen and oxygen atoms in total. The quantitative estimate of drug-likeness (QED) is 0.857. The number of nitriles is 1.